The number of nitrogens with two attached hydrogens (primary N) is 1. The van der Waals surface area contributed by atoms with Crippen LogP contribution in [0, 0.1) is 0 Å². The molecule has 0 spiro atoms. The first kappa shape index (κ1) is 10.0. The maximum absolute atomic E-state index is 11.3. The zero-order valence-electron chi connectivity index (χ0n) is 7.90. The van der Waals surface area contributed by atoms with E-state index in [0.717, 1.165) is 17.3 Å². The number of hydrogen-bond acceptors (Lipinski definition) is 4. The Hall–Kier alpha value is -1.49. The monoisotopic (exact) mass is 222 g/mol. The third-order valence-corrected chi connectivity index (χ3v) is 3.15. The van der Waals surface area contributed by atoms with Crippen LogP contribution in [0.15, 0.2) is 24.3 Å². The Balaban J connectivity index is 2.06. The molecule has 1 fully saturated rings. The first-order valence-electron chi connectivity index (χ1n) is 4.51. The molecule has 1 aromatic rings. The SMILES string of the molecule is Nc1ccc(C[C@H]2SC(=O)NC2=O)cc1. The van der Waals surface area contributed by atoms with Gasteiger partial charge in [-0.05, 0) is 24.1 Å². The molecule has 78 valence electrons. The number of thioether (sulfide) groups is 1. The molecule has 2 amide bonds. The van der Waals surface area contributed by atoms with Crippen molar-refractivity contribution in [1.82, 2.24) is 5.32 Å². The van der Waals surface area contributed by atoms with Gasteiger partial charge in [-0.2, -0.15) is 0 Å². The molecule has 0 saturated carbocycles. The Morgan fingerprint density at radius 3 is 2.47 bits per heavy atom. The Morgan fingerprint density at radius 2 is 1.93 bits per heavy atom. The van der Waals surface area contributed by atoms with Crippen molar-refractivity contribution < 1.29 is 9.59 Å². The van der Waals surface area contributed by atoms with Gasteiger partial charge < -0.3 is 5.73 Å². The van der Waals surface area contributed by atoms with Gasteiger partial charge in [-0.15, -0.1) is 0 Å². The minimum absolute atomic E-state index is 0.207. The molecule has 1 saturated heterocycles. The second-order valence-electron chi connectivity index (χ2n) is 3.33. The number of hydrogen-bond donors (Lipinski definition) is 2. The van der Waals surface area contributed by atoms with E-state index >= 15 is 0 Å². The lowest BCUT2D eigenvalue weighted by molar-refractivity contribution is -0.118. The number of nitrogens with one attached hydrogen (secondary N) is 1. The molecule has 0 aliphatic carbocycles. The average Bonchev–Trinajstić information content (AvgIpc) is 2.49. The summed E-state index contributed by atoms with van der Waals surface area (Å²) in [5.41, 5.74) is 7.24. The third-order valence-electron chi connectivity index (χ3n) is 2.17. The number of carbonyl (C=O) groups is 2. The van der Waals surface area contributed by atoms with Gasteiger partial charge in [-0.1, -0.05) is 23.9 Å². The van der Waals surface area contributed by atoms with E-state index in [1.165, 1.54) is 0 Å². The summed E-state index contributed by atoms with van der Waals surface area (Å²) in [6.07, 6.45) is 0.558. The number of nitrogen functional groups attached to an aromatic ring is 1. The van der Waals surface area contributed by atoms with Crippen molar-refractivity contribution in [3.8, 4) is 0 Å². The zero-order chi connectivity index (χ0) is 10.8. The topological polar surface area (TPSA) is 72.2 Å². The molecule has 1 heterocycles. The van der Waals surface area contributed by atoms with Gasteiger partial charge in [0, 0.05) is 5.69 Å². The van der Waals surface area contributed by atoms with Crippen molar-refractivity contribution in [1.29, 1.82) is 0 Å². The Kier molecular flexibility index (Phi) is 2.64. The van der Waals surface area contributed by atoms with Crippen molar-refractivity contribution in [2.75, 3.05) is 5.73 Å². The van der Waals surface area contributed by atoms with Crippen LogP contribution in [-0.2, 0) is 11.2 Å². The Labute approximate surface area is 91.2 Å². The predicted molar refractivity (Wildman–Crippen MR) is 59.5 cm³/mol. The van der Waals surface area contributed by atoms with E-state index in [9.17, 15) is 9.59 Å². The lowest BCUT2D eigenvalue weighted by Gasteiger charge is -2.04. The summed E-state index contributed by atoms with van der Waals surface area (Å²) in [5.74, 6) is -0.207. The van der Waals surface area contributed by atoms with E-state index in [-0.39, 0.29) is 16.4 Å². The molecular formula is C10H10N2O2S. The van der Waals surface area contributed by atoms with E-state index in [4.69, 9.17) is 5.73 Å². The average molecular weight is 222 g/mol. The summed E-state index contributed by atoms with van der Waals surface area (Å²) >= 11 is 1.04. The van der Waals surface area contributed by atoms with Gasteiger partial charge in [-0.3, -0.25) is 14.9 Å². The van der Waals surface area contributed by atoms with E-state index in [1.54, 1.807) is 12.1 Å². The third kappa shape index (κ3) is 2.30. The maximum atomic E-state index is 11.3. The van der Waals surface area contributed by atoms with Crippen LogP contribution in [-0.4, -0.2) is 16.4 Å². The summed E-state index contributed by atoms with van der Waals surface area (Å²) in [7, 11) is 0. The van der Waals surface area contributed by atoms with E-state index in [0.29, 0.717) is 12.1 Å². The molecule has 1 aliphatic heterocycles. The van der Waals surface area contributed by atoms with Crippen molar-refractivity contribution in [2.45, 2.75) is 11.7 Å². The fourth-order valence-corrected chi connectivity index (χ4v) is 2.26. The summed E-state index contributed by atoms with van der Waals surface area (Å²) in [5, 5.41) is 1.69. The second kappa shape index (κ2) is 3.94. The molecule has 1 atom stereocenters. The summed E-state index contributed by atoms with van der Waals surface area (Å²) in [6.45, 7) is 0. The predicted octanol–water partition coefficient (Wildman–Crippen LogP) is 1.16. The number of rotatable bonds is 2. The highest BCUT2D eigenvalue weighted by molar-refractivity contribution is 8.15. The molecule has 0 radical (unpaired) electrons. The zero-order valence-corrected chi connectivity index (χ0v) is 8.71. The number of anilines is 1. The quantitative estimate of drug-likeness (QED) is 0.737. The molecule has 0 aromatic heterocycles. The van der Waals surface area contributed by atoms with Crippen molar-refractivity contribution >= 4 is 28.6 Å². The lowest BCUT2D eigenvalue weighted by Crippen LogP contribution is -2.25. The molecule has 3 N–H and O–H groups in total. The van der Waals surface area contributed by atoms with Crippen LogP contribution < -0.4 is 11.1 Å². The first-order valence-corrected chi connectivity index (χ1v) is 5.39. The molecular weight excluding hydrogens is 212 g/mol. The van der Waals surface area contributed by atoms with Gasteiger partial charge in [0.1, 0.15) is 0 Å². The largest absolute Gasteiger partial charge is 0.399 e. The van der Waals surface area contributed by atoms with Crippen LogP contribution in [0.3, 0.4) is 0 Å². The minimum Gasteiger partial charge on any atom is -0.399 e. The molecule has 2 rings (SSSR count). The smallest absolute Gasteiger partial charge is 0.286 e. The van der Waals surface area contributed by atoms with Gasteiger partial charge in [0.05, 0.1) is 5.25 Å². The maximum Gasteiger partial charge on any atom is 0.286 e. The van der Waals surface area contributed by atoms with E-state index in [2.05, 4.69) is 5.32 Å². The van der Waals surface area contributed by atoms with Gasteiger partial charge in [-0.25, -0.2) is 0 Å². The fraction of sp³-hybridized carbons (Fsp3) is 0.200. The number of carbonyl (C=O) groups excluding carboxylic acids is 2. The molecule has 1 aliphatic rings. The standard InChI is InChI=1S/C10H10N2O2S/c11-7-3-1-6(2-4-7)5-8-9(13)12-10(14)15-8/h1-4,8H,5,11H2,(H,12,13,14)/t8-/m1/s1. The van der Waals surface area contributed by atoms with Gasteiger partial charge >= 0.3 is 0 Å². The van der Waals surface area contributed by atoms with Crippen LogP contribution in [0.1, 0.15) is 5.56 Å². The molecule has 1 aromatic carbocycles. The van der Waals surface area contributed by atoms with Crippen LogP contribution >= 0.6 is 11.8 Å². The number of benzene rings is 1. The number of imide groups is 1. The van der Waals surface area contributed by atoms with Crippen LogP contribution in [0.5, 0.6) is 0 Å². The number of amides is 2. The van der Waals surface area contributed by atoms with Gasteiger partial charge in [0.2, 0.25) is 5.91 Å². The van der Waals surface area contributed by atoms with E-state index in [1.807, 2.05) is 12.1 Å². The van der Waals surface area contributed by atoms with Crippen molar-refractivity contribution in [3.05, 3.63) is 29.8 Å². The van der Waals surface area contributed by atoms with Crippen LogP contribution in [0.4, 0.5) is 10.5 Å². The van der Waals surface area contributed by atoms with Crippen molar-refractivity contribution in [2.24, 2.45) is 0 Å². The van der Waals surface area contributed by atoms with Gasteiger partial charge in [0.15, 0.2) is 0 Å². The highest BCUT2D eigenvalue weighted by atomic mass is 32.2. The van der Waals surface area contributed by atoms with Gasteiger partial charge in [0.25, 0.3) is 5.24 Å². The highest BCUT2D eigenvalue weighted by Crippen LogP contribution is 2.23. The first-order chi connectivity index (χ1) is 7.15. The molecule has 0 unspecified atom stereocenters. The normalized spacial score (nSPS) is 20.4. The Bertz CT molecular complexity index is 402. The summed E-state index contributed by atoms with van der Waals surface area (Å²) < 4.78 is 0. The van der Waals surface area contributed by atoms with Crippen molar-refractivity contribution in [3.63, 3.8) is 0 Å². The molecule has 4 nitrogen and oxygen atoms in total. The van der Waals surface area contributed by atoms with Crippen LogP contribution in [0.2, 0.25) is 0 Å². The fourth-order valence-electron chi connectivity index (χ4n) is 1.40. The molecule has 5 heteroatoms. The summed E-state index contributed by atoms with van der Waals surface area (Å²) in [6, 6.07) is 7.31. The second-order valence-corrected chi connectivity index (χ2v) is 4.50. The highest BCUT2D eigenvalue weighted by Gasteiger charge is 2.31. The van der Waals surface area contributed by atoms with Crippen LogP contribution in [0.25, 0.3) is 0 Å². The molecule has 0 bridgehead atoms. The summed E-state index contributed by atoms with van der Waals surface area (Å²) in [4.78, 5) is 22.2. The Morgan fingerprint density at radius 1 is 1.27 bits per heavy atom. The van der Waals surface area contributed by atoms with E-state index < -0.39 is 0 Å². The minimum atomic E-state index is -0.305. The molecule has 15 heavy (non-hydrogen) atoms. The lowest BCUT2D eigenvalue weighted by atomic mass is 10.1.